The van der Waals surface area contributed by atoms with Crippen LogP contribution in [-0.4, -0.2) is 4.57 Å². The summed E-state index contributed by atoms with van der Waals surface area (Å²) in [6, 6.07) is 44.9. The van der Waals surface area contributed by atoms with Crippen molar-refractivity contribution in [1.29, 1.82) is 0 Å². The SMILES string of the molecule is c1ccc(-c2ccc(Nc3ccc4c5ccccc5n(-c5ccccc5)c4c3)cc2)cc1. The van der Waals surface area contributed by atoms with Crippen molar-refractivity contribution in [3.05, 3.63) is 127 Å². The van der Waals surface area contributed by atoms with Crippen LogP contribution in [0.15, 0.2) is 127 Å². The summed E-state index contributed by atoms with van der Waals surface area (Å²) in [4.78, 5) is 0. The smallest absolute Gasteiger partial charge is 0.0561 e. The molecule has 2 nitrogen and oxygen atoms in total. The number of fused-ring (bicyclic) bond motifs is 3. The molecule has 152 valence electrons. The van der Waals surface area contributed by atoms with Crippen LogP contribution in [-0.2, 0) is 0 Å². The molecular weight excluding hydrogens is 388 g/mol. The Morgan fingerprint density at radius 1 is 0.438 bits per heavy atom. The van der Waals surface area contributed by atoms with Gasteiger partial charge in [0.1, 0.15) is 0 Å². The van der Waals surface area contributed by atoms with E-state index in [1.165, 1.54) is 38.6 Å². The van der Waals surface area contributed by atoms with Crippen LogP contribution in [0.2, 0.25) is 0 Å². The minimum Gasteiger partial charge on any atom is -0.355 e. The van der Waals surface area contributed by atoms with E-state index in [-0.39, 0.29) is 0 Å². The number of benzene rings is 5. The monoisotopic (exact) mass is 410 g/mol. The Balaban J connectivity index is 1.41. The second-order valence-corrected chi connectivity index (χ2v) is 7.99. The molecule has 6 aromatic rings. The van der Waals surface area contributed by atoms with E-state index in [2.05, 4.69) is 131 Å². The number of anilines is 2. The van der Waals surface area contributed by atoms with Gasteiger partial charge in [0.25, 0.3) is 0 Å². The molecule has 5 aromatic carbocycles. The third-order valence-electron chi connectivity index (χ3n) is 5.97. The Bertz CT molecular complexity index is 1510. The number of hydrogen-bond acceptors (Lipinski definition) is 1. The predicted molar refractivity (Wildman–Crippen MR) is 136 cm³/mol. The molecule has 1 N–H and O–H groups in total. The number of nitrogens with zero attached hydrogens (tertiary/aromatic N) is 1. The lowest BCUT2D eigenvalue weighted by molar-refractivity contribution is 1.18. The average molecular weight is 411 g/mol. The molecule has 32 heavy (non-hydrogen) atoms. The van der Waals surface area contributed by atoms with E-state index in [1.807, 2.05) is 6.07 Å². The summed E-state index contributed by atoms with van der Waals surface area (Å²) in [5.74, 6) is 0. The molecule has 0 aliphatic heterocycles. The zero-order chi connectivity index (χ0) is 21.3. The van der Waals surface area contributed by atoms with Gasteiger partial charge in [0.05, 0.1) is 11.0 Å². The number of hydrogen-bond donors (Lipinski definition) is 1. The van der Waals surface area contributed by atoms with Crippen molar-refractivity contribution >= 4 is 33.2 Å². The lowest BCUT2D eigenvalue weighted by Crippen LogP contribution is -1.94. The van der Waals surface area contributed by atoms with Crippen molar-refractivity contribution in [3.8, 4) is 16.8 Å². The van der Waals surface area contributed by atoms with Gasteiger partial charge in [-0.3, -0.25) is 0 Å². The molecule has 0 aliphatic carbocycles. The van der Waals surface area contributed by atoms with Crippen LogP contribution >= 0.6 is 0 Å². The zero-order valence-corrected chi connectivity index (χ0v) is 17.6. The van der Waals surface area contributed by atoms with Crippen molar-refractivity contribution in [3.63, 3.8) is 0 Å². The lowest BCUT2D eigenvalue weighted by Gasteiger charge is -2.11. The van der Waals surface area contributed by atoms with Crippen molar-refractivity contribution < 1.29 is 0 Å². The molecule has 1 heterocycles. The topological polar surface area (TPSA) is 17.0 Å². The van der Waals surface area contributed by atoms with Gasteiger partial charge in [-0.05, 0) is 53.6 Å². The van der Waals surface area contributed by atoms with Gasteiger partial charge in [0.15, 0.2) is 0 Å². The van der Waals surface area contributed by atoms with Crippen LogP contribution < -0.4 is 5.32 Å². The summed E-state index contributed by atoms with van der Waals surface area (Å²) in [6.07, 6.45) is 0. The summed E-state index contributed by atoms with van der Waals surface area (Å²) in [5, 5.41) is 6.11. The van der Waals surface area contributed by atoms with Gasteiger partial charge in [-0.1, -0.05) is 84.9 Å². The van der Waals surface area contributed by atoms with Gasteiger partial charge < -0.3 is 9.88 Å². The molecule has 2 heteroatoms. The van der Waals surface area contributed by atoms with Crippen LogP contribution in [0, 0.1) is 0 Å². The van der Waals surface area contributed by atoms with Crippen molar-refractivity contribution in [2.24, 2.45) is 0 Å². The molecule has 0 aliphatic rings. The van der Waals surface area contributed by atoms with Gasteiger partial charge in [-0.25, -0.2) is 0 Å². The number of para-hydroxylation sites is 2. The highest BCUT2D eigenvalue weighted by Gasteiger charge is 2.12. The van der Waals surface area contributed by atoms with Crippen LogP contribution in [0.3, 0.4) is 0 Å². The normalized spacial score (nSPS) is 11.1. The van der Waals surface area contributed by atoms with E-state index in [0.717, 1.165) is 11.4 Å². The fraction of sp³-hybridized carbons (Fsp3) is 0. The molecule has 0 bridgehead atoms. The summed E-state index contributed by atoms with van der Waals surface area (Å²) >= 11 is 0. The minimum atomic E-state index is 1.07. The molecule has 0 unspecified atom stereocenters. The van der Waals surface area contributed by atoms with Gasteiger partial charge in [-0.2, -0.15) is 0 Å². The first-order valence-corrected chi connectivity index (χ1v) is 10.9. The molecule has 6 rings (SSSR count). The lowest BCUT2D eigenvalue weighted by atomic mass is 10.1. The number of nitrogens with one attached hydrogen (secondary N) is 1. The third-order valence-corrected chi connectivity index (χ3v) is 5.97. The second kappa shape index (κ2) is 7.75. The Kier molecular flexibility index (Phi) is 4.47. The van der Waals surface area contributed by atoms with Crippen LogP contribution in [0.25, 0.3) is 38.6 Å². The maximum absolute atomic E-state index is 3.58. The maximum atomic E-state index is 3.58. The van der Waals surface area contributed by atoms with Crippen molar-refractivity contribution in [2.45, 2.75) is 0 Å². The highest BCUT2D eigenvalue weighted by atomic mass is 15.0. The number of aromatic nitrogens is 1. The van der Waals surface area contributed by atoms with E-state index in [9.17, 15) is 0 Å². The molecule has 0 fully saturated rings. The third kappa shape index (κ3) is 3.23. The molecule has 0 saturated heterocycles. The van der Waals surface area contributed by atoms with Crippen LogP contribution in [0.4, 0.5) is 11.4 Å². The van der Waals surface area contributed by atoms with Gasteiger partial charge >= 0.3 is 0 Å². The molecule has 0 saturated carbocycles. The molecular formula is C30H22N2. The Hall–Kier alpha value is -4.30. The number of rotatable bonds is 4. The summed E-state index contributed by atoms with van der Waals surface area (Å²) in [6.45, 7) is 0. The molecule has 0 spiro atoms. The molecule has 0 atom stereocenters. The van der Waals surface area contributed by atoms with Crippen LogP contribution in [0.5, 0.6) is 0 Å². The average Bonchev–Trinajstić information content (AvgIpc) is 3.19. The highest BCUT2D eigenvalue weighted by molar-refractivity contribution is 6.10. The summed E-state index contributed by atoms with van der Waals surface area (Å²) < 4.78 is 2.34. The predicted octanol–water partition coefficient (Wildman–Crippen LogP) is 8.19. The van der Waals surface area contributed by atoms with Crippen molar-refractivity contribution in [2.75, 3.05) is 5.32 Å². The minimum absolute atomic E-state index is 1.07. The van der Waals surface area contributed by atoms with E-state index in [1.54, 1.807) is 0 Å². The Morgan fingerprint density at radius 2 is 1.03 bits per heavy atom. The van der Waals surface area contributed by atoms with E-state index < -0.39 is 0 Å². The highest BCUT2D eigenvalue weighted by Crippen LogP contribution is 2.34. The first kappa shape index (κ1) is 18.5. The molecule has 1 aromatic heterocycles. The quantitative estimate of drug-likeness (QED) is 0.310. The summed E-state index contributed by atoms with van der Waals surface area (Å²) in [5.41, 5.74) is 8.18. The van der Waals surface area contributed by atoms with E-state index in [4.69, 9.17) is 0 Å². The largest absolute Gasteiger partial charge is 0.355 e. The second-order valence-electron chi connectivity index (χ2n) is 7.99. The van der Waals surface area contributed by atoms with E-state index in [0.29, 0.717) is 0 Å². The first-order valence-electron chi connectivity index (χ1n) is 10.9. The van der Waals surface area contributed by atoms with Crippen molar-refractivity contribution in [1.82, 2.24) is 4.57 Å². The summed E-state index contributed by atoms with van der Waals surface area (Å²) in [7, 11) is 0. The standard InChI is InChI=1S/C30H22N2/c1-3-9-22(10-4-1)23-15-17-24(18-16-23)31-25-19-20-28-27-13-7-8-14-29(27)32(30(28)21-25)26-11-5-2-6-12-26/h1-21,31H. The maximum Gasteiger partial charge on any atom is 0.0561 e. The van der Waals surface area contributed by atoms with E-state index >= 15 is 0 Å². The molecule has 0 amide bonds. The Morgan fingerprint density at radius 3 is 1.81 bits per heavy atom. The first-order chi connectivity index (χ1) is 15.9. The fourth-order valence-electron chi connectivity index (χ4n) is 4.45. The van der Waals surface area contributed by atoms with Gasteiger partial charge in [-0.15, -0.1) is 0 Å². The zero-order valence-electron chi connectivity index (χ0n) is 17.6. The fourth-order valence-corrected chi connectivity index (χ4v) is 4.45. The van der Waals surface area contributed by atoms with Gasteiger partial charge in [0.2, 0.25) is 0 Å². The van der Waals surface area contributed by atoms with Gasteiger partial charge in [0, 0.05) is 27.8 Å². The van der Waals surface area contributed by atoms with Crippen LogP contribution in [0.1, 0.15) is 0 Å². The Labute approximate surface area is 187 Å². The molecule has 0 radical (unpaired) electrons.